The van der Waals surface area contributed by atoms with Crippen molar-refractivity contribution in [3.05, 3.63) is 23.8 Å². The summed E-state index contributed by atoms with van der Waals surface area (Å²) in [6, 6.07) is 5.39. The zero-order valence-electron chi connectivity index (χ0n) is 12.6. The molecule has 2 amide bonds. The lowest BCUT2D eigenvalue weighted by Crippen LogP contribution is -2.38. The maximum absolute atomic E-state index is 11.5. The van der Waals surface area contributed by atoms with Gasteiger partial charge in [-0.2, -0.15) is 5.10 Å². The van der Waals surface area contributed by atoms with Gasteiger partial charge in [-0.15, -0.1) is 0 Å². The number of amides is 2. The summed E-state index contributed by atoms with van der Waals surface area (Å²) in [7, 11) is 1.54. The Balaban J connectivity index is 1.91. The van der Waals surface area contributed by atoms with Crippen LogP contribution in [0.15, 0.2) is 23.3 Å². The van der Waals surface area contributed by atoms with Gasteiger partial charge in [0.1, 0.15) is 0 Å². The summed E-state index contributed by atoms with van der Waals surface area (Å²) < 4.78 is 10.6. The molecule has 0 saturated heterocycles. The van der Waals surface area contributed by atoms with E-state index < -0.39 is 11.8 Å². The Morgan fingerprint density at radius 1 is 1.32 bits per heavy atom. The number of hydrogen-bond donors (Lipinski definition) is 2. The molecule has 1 aromatic carbocycles. The summed E-state index contributed by atoms with van der Waals surface area (Å²) in [5.74, 6) is -0.233. The molecule has 0 aromatic heterocycles. The van der Waals surface area contributed by atoms with Gasteiger partial charge in [0.25, 0.3) is 0 Å². The fourth-order valence-electron chi connectivity index (χ4n) is 1.73. The number of carbonyl (C=O) groups is 2. The number of nitrogens with one attached hydrogen (secondary N) is 2. The zero-order valence-corrected chi connectivity index (χ0v) is 12.6. The second-order valence-corrected chi connectivity index (χ2v) is 4.79. The highest BCUT2D eigenvalue weighted by molar-refractivity contribution is 6.35. The number of carbonyl (C=O) groups excluding carboxylic acids is 2. The van der Waals surface area contributed by atoms with Gasteiger partial charge in [0.15, 0.2) is 11.5 Å². The van der Waals surface area contributed by atoms with E-state index in [2.05, 4.69) is 15.8 Å². The minimum atomic E-state index is -0.777. The molecule has 7 heteroatoms. The molecule has 1 fully saturated rings. The van der Waals surface area contributed by atoms with E-state index in [0.717, 1.165) is 12.8 Å². The van der Waals surface area contributed by atoms with Gasteiger partial charge < -0.3 is 14.8 Å². The van der Waals surface area contributed by atoms with Crippen molar-refractivity contribution in [2.45, 2.75) is 25.8 Å². The van der Waals surface area contributed by atoms with Crippen LogP contribution in [0.2, 0.25) is 0 Å². The van der Waals surface area contributed by atoms with Crippen molar-refractivity contribution in [2.24, 2.45) is 5.10 Å². The maximum atomic E-state index is 11.5. The lowest BCUT2D eigenvalue weighted by Gasteiger charge is -2.09. The van der Waals surface area contributed by atoms with Crippen LogP contribution in [0.4, 0.5) is 0 Å². The average Bonchev–Trinajstić information content (AvgIpc) is 3.32. The molecule has 1 aliphatic carbocycles. The first-order valence-corrected chi connectivity index (χ1v) is 7.08. The predicted octanol–water partition coefficient (Wildman–Crippen LogP) is 0.823. The molecule has 2 rings (SSSR count). The van der Waals surface area contributed by atoms with E-state index in [1.165, 1.54) is 6.21 Å². The van der Waals surface area contributed by atoms with E-state index in [1.54, 1.807) is 25.3 Å². The molecule has 0 aliphatic heterocycles. The van der Waals surface area contributed by atoms with E-state index >= 15 is 0 Å². The van der Waals surface area contributed by atoms with E-state index in [-0.39, 0.29) is 6.04 Å². The van der Waals surface area contributed by atoms with Gasteiger partial charge in [-0.3, -0.25) is 9.59 Å². The van der Waals surface area contributed by atoms with Gasteiger partial charge in [-0.25, -0.2) is 5.43 Å². The average molecular weight is 305 g/mol. The molecule has 0 bridgehead atoms. The van der Waals surface area contributed by atoms with Crippen LogP contribution in [0.5, 0.6) is 11.5 Å². The first-order chi connectivity index (χ1) is 10.6. The van der Waals surface area contributed by atoms with Crippen LogP contribution in [-0.4, -0.2) is 37.8 Å². The van der Waals surface area contributed by atoms with E-state index in [9.17, 15) is 9.59 Å². The smallest absolute Gasteiger partial charge is 0.329 e. The molecule has 1 aromatic rings. The molecular weight excluding hydrogens is 286 g/mol. The van der Waals surface area contributed by atoms with Gasteiger partial charge in [-0.1, -0.05) is 0 Å². The van der Waals surface area contributed by atoms with Crippen LogP contribution in [0.3, 0.4) is 0 Å². The Bertz CT molecular complexity index is 582. The molecule has 2 N–H and O–H groups in total. The standard InChI is InChI=1S/C15H19N3O4/c1-3-22-12-7-4-10(8-13(12)21-2)9-16-18-15(20)14(19)17-11-5-6-11/h4,7-9,11H,3,5-6H2,1-2H3,(H,17,19)(H,18,20)/b16-9-. The summed E-state index contributed by atoms with van der Waals surface area (Å²) in [5.41, 5.74) is 2.90. The number of hydrogen-bond acceptors (Lipinski definition) is 5. The SMILES string of the molecule is CCOc1ccc(/C=N\NC(=O)C(=O)NC2CC2)cc1OC. The lowest BCUT2D eigenvalue weighted by molar-refractivity contribution is -0.139. The van der Waals surface area contributed by atoms with Crippen molar-refractivity contribution >= 4 is 18.0 Å². The van der Waals surface area contributed by atoms with Crippen molar-refractivity contribution in [3.8, 4) is 11.5 Å². The van der Waals surface area contributed by atoms with Crippen LogP contribution in [0.1, 0.15) is 25.3 Å². The molecule has 1 saturated carbocycles. The van der Waals surface area contributed by atoms with Crippen molar-refractivity contribution in [1.82, 2.24) is 10.7 Å². The minimum absolute atomic E-state index is 0.137. The predicted molar refractivity (Wildman–Crippen MR) is 81.1 cm³/mol. The number of rotatable bonds is 6. The van der Waals surface area contributed by atoms with Crippen LogP contribution in [-0.2, 0) is 9.59 Å². The van der Waals surface area contributed by atoms with Gasteiger partial charge in [0.2, 0.25) is 0 Å². The molecule has 0 radical (unpaired) electrons. The second kappa shape index (κ2) is 7.44. The first kappa shape index (κ1) is 15.8. The summed E-state index contributed by atoms with van der Waals surface area (Å²) in [6.45, 7) is 2.42. The number of ether oxygens (including phenoxy) is 2. The normalized spacial score (nSPS) is 13.7. The minimum Gasteiger partial charge on any atom is -0.493 e. The Morgan fingerprint density at radius 2 is 2.09 bits per heavy atom. The maximum Gasteiger partial charge on any atom is 0.329 e. The highest BCUT2D eigenvalue weighted by Crippen LogP contribution is 2.27. The third-order valence-electron chi connectivity index (χ3n) is 2.99. The second-order valence-electron chi connectivity index (χ2n) is 4.79. The Labute approximate surface area is 128 Å². The molecule has 0 heterocycles. The Morgan fingerprint density at radius 3 is 2.73 bits per heavy atom. The van der Waals surface area contributed by atoms with E-state index in [0.29, 0.717) is 23.7 Å². The molecule has 1 aliphatic rings. The van der Waals surface area contributed by atoms with Crippen LogP contribution >= 0.6 is 0 Å². The van der Waals surface area contributed by atoms with Crippen LogP contribution in [0, 0.1) is 0 Å². The molecule has 0 unspecified atom stereocenters. The third-order valence-corrected chi connectivity index (χ3v) is 2.99. The molecule has 0 spiro atoms. The van der Waals surface area contributed by atoms with Crippen LogP contribution < -0.4 is 20.2 Å². The highest BCUT2D eigenvalue weighted by atomic mass is 16.5. The summed E-state index contributed by atoms with van der Waals surface area (Å²) in [5, 5.41) is 6.34. The Hall–Kier alpha value is -2.57. The van der Waals surface area contributed by atoms with Crippen LogP contribution in [0.25, 0.3) is 0 Å². The fourth-order valence-corrected chi connectivity index (χ4v) is 1.73. The summed E-state index contributed by atoms with van der Waals surface area (Å²) in [6.07, 6.45) is 3.28. The van der Waals surface area contributed by atoms with Gasteiger partial charge >= 0.3 is 11.8 Å². The first-order valence-electron chi connectivity index (χ1n) is 7.08. The third kappa shape index (κ3) is 4.47. The van der Waals surface area contributed by atoms with E-state index in [1.807, 2.05) is 6.92 Å². The quantitative estimate of drug-likeness (QED) is 0.463. The number of hydrazone groups is 1. The van der Waals surface area contributed by atoms with E-state index in [4.69, 9.17) is 9.47 Å². The van der Waals surface area contributed by atoms with Gasteiger partial charge in [0.05, 0.1) is 19.9 Å². The lowest BCUT2D eigenvalue weighted by atomic mass is 10.2. The van der Waals surface area contributed by atoms with Gasteiger partial charge in [-0.05, 0) is 43.5 Å². The molecule has 118 valence electrons. The summed E-state index contributed by atoms with van der Waals surface area (Å²) in [4.78, 5) is 22.9. The molecule has 0 atom stereocenters. The molecule has 22 heavy (non-hydrogen) atoms. The molecular formula is C15H19N3O4. The van der Waals surface area contributed by atoms with Gasteiger partial charge in [0, 0.05) is 6.04 Å². The largest absolute Gasteiger partial charge is 0.493 e. The van der Waals surface area contributed by atoms with Crippen molar-refractivity contribution in [3.63, 3.8) is 0 Å². The van der Waals surface area contributed by atoms with Crippen molar-refractivity contribution in [1.29, 1.82) is 0 Å². The fraction of sp³-hybridized carbons (Fsp3) is 0.400. The number of benzene rings is 1. The van der Waals surface area contributed by atoms with Crippen molar-refractivity contribution < 1.29 is 19.1 Å². The monoisotopic (exact) mass is 305 g/mol. The number of methoxy groups -OCH3 is 1. The summed E-state index contributed by atoms with van der Waals surface area (Å²) >= 11 is 0. The topological polar surface area (TPSA) is 89.0 Å². The highest BCUT2D eigenvalue weighted by Gasteiger charge is 2.26. The zero-order chi connectivity index (χ0) is 15.9. The molecule has 7 nitrogen and oxygen atoms in total. The number of nitrogens with zero attached hydrogens (tertiary/aromatic N) is 1. The Kier molecular flexibility index (Phi) is 5.35. The van der Waals surface area contributed by atoms with Crippen molar-refractivity contribution in [2.75, 3.05) is 13.7 Å².